The summed E-state index contributed by atoms with van der Waals surface area (Å²) in [5.41, 5.74) is 0. The number of nitrogens with one attached hydrogen (secondary N) is 1. The maximum Gasteiger partial charge on any atom is 0.219 e. The van der Waals surface area contributed by atoms with Crippen molar-refractivity contribution in [3.63, 3.8) is 0 Å². The Morgan fingerprint density at radius 2 is 2.14 bits per heavy atom. The third-order valence-electron chi connectivity index (χ3n) is 1.51. The molecule has 0 bridgehead atoms. The molecule has 0 unspecified atom stereocenters. The van der Waals surface area contributed by atoms with Crippen molar-refractivity contribution in [3.8, 4) is 17.2 Å². The highest BCUT2D eigenvalue weighted by atomic mass is 16.5. The second-order valence-electron chi connectivity index (χ2n) is 2.67. The van der Waals surface area contributed by atoms with E-state index in [-0.39, 0.29) is 24.1 Å². The summed E-state index contributed by atoms with van der Waals surface area (Å²) in [6, 6.07) is 4.05. The van der Waals surface area contributed by atoms with Gasteiger partial charge in [-0.05, 0) is 12.1 Å². The zero-order valence-corrected chi connectivity index (χ0v) is 7.65. The predicted molar refractivity (Wildman–Crippen MR) is 49.1 cm³/mol. The highest BCUT2D eigenvalue weighted by Gasteiger charge is 2.00. The number of aromatic hydroxyl groups is 2. The fraction of sp³-hybridized carbons (Fsp3) is 0.222. The lowest BCUT2D eigenvalue weighted by molar-refractivity contribution is -0.119. The van der Waals surface area contributed by atoms with Crippen molar-refractivity contribution in [3.05, 3.63) is 18.2 Å². The summed E-state index contributed by atoms with van der Waals surface area (Å²) in [6.07, 6.45) is 0. The third kappa shape index (κ3) is 2.85. The van der Waals surface area contributed by atoms with Crippen LogP contribution in [0.4, 0.5) is 0 Å². The van der Waals surface area contributed by atoms with Gasteiger partial charge in [0.25, 0.3) is 0 Å². The molecule has 76 valence electrons. The molecule has 1 rings (SSSR count). The van der Waals surface area contributed by atoms with Crippen LogP contribution in [0.3, 0.4) is 0 Å². The van der Waals surface area contributed by atoms with Crippen LogP contribution in [0.25, 0.3) is 0 Å². The van der Waals surface area contributed by atoms with Gasteiger partial charge in [0, 0.05) is 13.0 Å². The first-order valence-electron chi connectivity index (χ1n) is 3.99. The standard InChI is InChI=1S/C9H11NO4/c1-6(11)10-5-14-7-2-3-8(12)9(13)4-7/h2-4,12-13H,5H2,1H3,(H,10,11). The van der Waals surface area contributed by atoms with Crippen LogP contribution in [0.15, 0.2) is 18.2 Å². The second-order valence-corrected chi connectivity index (χ2v) is 2.67. The number of phenolic OH excluding ortho intramolecular Hbond substituents is 2. The van der Waals surface area contributed by atoms with Crippen molar-refractivity contribution < 1.29 is 19.7 Å². The van der Waals surface area contributed by atoms with E-state index in [4.69, 9.17) is 14.9 Å². The van der Waals surface area contributed by atoms with E-state index in [1.54, 1.807) is 0 Å². The third-order valence-corrected chi connectivity index (χ3v) is 1.51. The molecule has 0 radical (unpaired) electrons. The topological polar surface area (TPSA) is 78.8 Å². The summed E-state index contributed by atoms with van der Waals surface area (Å²) in [5.74, 6) is -0.302. The number of carbonyl (C=O) groups is 1. The molecule has 5 nitrogen and oxygen atoms in total. The van der Waals surface area contributed by atoms with Crippen LogP contribution >= 0.6 is 0 Å². The highest BCUT2D eigenvalue weighted by Crippen LogP contribution is 2.28. The Balaban J connectivity index is 2.51. The van der Waals surface area contributed by atoms with E-state index in [2.05, 4.69) is 5.32 Å². The average molecular weight is 197 g/mol. The Bertz CT molecular complexity index is 338. The van der Waals surface area contributed by atoms with Gasteiger partial charge in [-0.25, -0.2) is 0 Å². The fourth-order valence-corrected chi connectivity index (χ4v) is 0.814. The number of hydrogen-bond donors (Lipinski definition) is 3. The molecule has 1 aromatic rings. The number of benzene rings is 1. The Labute approximate surface area is 80.9 Å². The van der Waals surface area contributed by atoms with Crippen molar-refractivity contribution >= 4 is 5.91 Å². The van der Waals surface area contributed by atoms with Crippen LogP contribution in [0.2, 0.25) is 0 Å². The van der Waals surface area contributed by atoms with Crippen LogP contribution in [0.1, 0.15) is 6.92 Å². The van der Waals surface area contributed by atoms with Crippen molar-refractivity contribution in [1.29, 1.82) is 0 Å². The van der Waals surface area contributed by atoms with Crippen LogP contribution < -0.4 is 10.1 Å². The van der Waals surface area contributed by atoms with Crippen molar-refractivity contribution in [1.82, 2.24) is 5.32 Å². The summed E-state index contributed by atoms with van der Waals surface area (Å²) in [7, 11) is 0. The molecule has 0 aliphatic carbocycles. The van der Waals surface area contributed by atoms with Gasteiger partial charge >= 0.3 is 0 Å². The smallest absolute Gasteiger partial charge is 0.219 e. The van der Waals surface area contributed by atoms with E-state index >= 15 is 0 Å². The van der Waals surface area contributed by atoms with Gasteiger partial charge in [0.05, 0.1) is 0 Å². The van der Waals surface area contributed by atoms with E-state index in [1.807, 2.05) is 0 Å². The minimum atomic E-state index is -0.259. The normalized spacial score (nSPS) is 9.50. The molecular weight excluding hydrogens is 186 g/mol. The van der Waals surface area contributed by atoms with Crippen molar-refractivity contribution in [2.75, 3.05) is 6.73 Å². The van der Waals surface area contributed by atoms with Gasteiger partial charge in [-0.1, -0.05) is 0 Å². The van der Waals surface area contributed by atoms with E-state index in [1.165, 1.54) is 25.1 Å². The quantitative estimate of drug-likeness (QED) is 0.489. The Kier molecular flexibility index (Phi) is 3.17. The molecule has 0 atom stereocenters. The van der Waals surface area contributed by atoms with E-state index in [9.17, 15) is 4.79 Å². The molecule has 1 amide bonds. The molecule has 14 heavy (non-hydrogen) atoms. The van der Waals surface area contributed by atoms with E-state index < -0.39 is 0 Å². The molecule has 0 aliphatic heterocycles. The minimum absolute atomic E-state index is 0.0273. The molecule has 0 fully saturated rings. The van der Waals surface area contributed by atoms with Gasteiger partial charge in [0.15, 0.2) is 18.2 Å². The first-order chi connectivity index (χ1) is 6.59. The minimum Gasteiger partial charge on any atom is -0.504 e. The lowest BCUT2D eigenvalue weighted by atomic mass is 10.3. The molecule has 0 aromatic heterocycles. The molecule has 5 heteroatoms. The first-order valence-corrected chi connectivity index (χ1v) is 3.99. The molecule has 1 aromatic carbocycles. The van der Waals surface area contributed by atoms with Gasteiger partial charge in [-0.3, -0.25) is 4.79 Å². The first kappa shape index (κ1) is 10.2. The summed E-state index contributed by atoms with van der Waals surface area (Å²) < 4.78 is 5.05. The summed E-state index contributed by atoms with van der Waals surface area (Å²) in [5, 5.41) is 20.5. The lowest BCUT2D eigenvalue weighted by Crippen LogP contribution is -2.24. The van der Waals surface area contributed by atoms with Gasteiger partial charge in [-0.15, -0.1) is 0 Å². The van der Waals surface area contributed by atoms with Crippen LogP contribution in [-0.4, -0.2) is 22.9 Å². The summed E-state index contributed by atoms with van der Waals surface area (Å²) >= 11 is 0. The predicted octanol–water partition coefficient (Wildman–Crippen LogP) is 0.570. The molecule has 0 saturated carbocycles. The number of rotatable bonds is 3. The van der Waals surface area contributed by atoms with Crippen LogP contribution in [-0.2, 0) is 4.79 Å². The monoisotopic (exact) mass is 197 g/mol. The number of hydrogen-bond acceptors (Lipinski definition) is 4. The number of amides is 1. The Hall–Kier alpha value is -1.91. The van der Waals surface area contributed by atoms with Gasteiger partial charge in [0.2, 0.25) is 5.91 Å². The van der Waals surface area contributed by atoms with Crippen molar-refractivity contribution in [2.24, 2.45) is 0 Å². The SMILES string of the molecule is CC(=O)NCOc1ccc(O)c(O)c1. The Morgan fingerprint density at radius 3 is 2.71 bits per heavy atom. The average Bonchev–Trinajstić information content (AvgIpc) is 2.10. The highest BCUT2D eigenvalue weighted by molar-refractivity contribution is 5.72. The Morgan fingerprint density at radius 1 is 1.43 bits per heavy atom. The van der Waals surface area contributed by atoms with Crippen molar-refractivity contribution in [2.45, 2.75) is 6.92 Å². The lowest BCUT2D eigenvalue weighted by Gasteiger charge is -2.06. The second kappa shape index (κ2) is 4.36. The molecule has 0 aliphatic rings. The van der Waals surface area contributed by atoms with Crippen LogP contribution in [0.5, 0.6) is 17.2 Å². The number of phenols is 2. The molecular formula is C9H11NO4. The largest absolute Gasteiger partial charge is 0.504 e. The summed E-state index contributed by atoms with van der Waals surface area (Å²) in [6.45, 7) is 1.40. The van der Waals surface area contributed by atoms with Crippen LogP contribution in [0, 0.1) is 0 Å². The maximum absolute atomic E-state index is 10.5. The zero-order chi connectivity index (χ0) is 10.6. The summed E-state index contributed by atoms with van der Waals surface area (Å²) in [4.78, 5) is 10.5. The molecule has 0 heterocycles. The van der Waals surface area contributed by atoms with Gasteiger partial charge in [0.1, 0.15) is 5.75 Å². The molecule has 0 spiro atoms. The zero-order valence-electron chi connectivity index (χ0n) is 7.65. The van der Waals surface area contributed by atoms with Gasteiger partial charge in [-0.2, -0.15) is 0 Å². The fourth-order valence-electron chi connectivity index (χ4n) is 0.814. The number of carbonyl (C=O) groups excluding carboxylic acids is 1. The van der Waals surface area contributed by atoms with E-state index in [0.29, 0.717) is 5.75 Å². The number of ether oxygens (including phenoxy) is 1. The molecule has 3 N–H and O–H groups in total. The maximum atomic E-state index is 10.5. The van der Waals surface area contributed by atoms with E-state index in [0.717, 1.165) is 0 Å². The molecule has 0 saturated heterocycles. The van der Waals surface area contributed by atoms with Gasteiger partial charge < -0.3 is 20.3 Å².